The first-order valence-corrected chi connectivity index (χ1v) is 10.5. The molecule has 0 spiro atoms. The topological polar surface area (TPSA) is 15.8 Å². The molecule has 1 heterocycles. The Bertz CT molecular complexity index is 974. The van der Waals surface area contributed by atoms with Crippen LogP contribution in [0.1, 0.15) is 50.7 Å². The van der Waals surface area contributed by atoms with E-state index >= 15 is 0 Å². The van der Waals surface area contributed by atoms with Gasteiger partial charge in [-0.25, -0.2) is 4.39 Å². The molecule has 154 valence electrons. The molecule has 0 fully saturated rings. The Hall–Kier alpha value is -2.32. The lowest BCUT2D eigenvalue weighted by atomic mass is 9.75. The van der Waals surface area contributed by atoms with Crippen molar-refractivity contribution in [3.05, 3.63) is 95.0 Å². The molecule has 0 aliphatic rings. The summed E-state index contributed by atoms with van der Waals surface area (Å²) in [6, 6.07) is 3.60. The van der Waals surface area contributed by atoms with Crippen molar-refractivity contribution >= 4 is 22.5 Å². The average Bonchev–Trinajstić information content (AvgIpc) is 3.07. The third-order valence-corrected chi connectivity index (χ3v) is 5.39. The molecule has 1 aromatic carbocycles. The van der Waals surface area contributed by atoms with Gasteiger partial charge in [0.2, 0.25) is 0 Å². The summed E-state index contributed by atoms with van der Waals surface area (Å²) < 4.78 is 14.5. The monoisotopic (exact) mass is 411 g/mol. The van der Waals surface area contributed by atoms with Crippen molar-refractivity contribution in [2.24, 2.45) is 5.92 Å². The van der Waals surface area contributed by atoms with Crippen LogP contribution in [0.4, 0.5) is 4.39 Å². The van der Waals surface area contributed by atoms with Crippen LogP contribution in [0.2, 0.25) is 0 Å². The molecule has 3 heteroatoms. The maximum atomic E-state index is 14.5. The van der Waals surface area contributed by atoms with Gasteiger partial charge in [-0.15, -0.1) is 0 Å². The Kier molecular flexibility index (Phi) is 8.28. The molecule has 0 unspecified atom stereocenters. The molecule has 2 atom stereocenters. The normalized spacial score (nSPS) is 14.8. The van der Waals surface area contributed by atoms with E-state index in [2.05, 4.69) is 44.1 Å². The van der Waals surface area contributed by atoms with E-state index in [0.29, 0.717) is 10.5 Å². The predicted molar refractivity (Wildman–Crippen MR) is 126 cm³/mol. The van der Waals surface area contributed by atoms with Gasteiger partial charge in [0.1, 0.15) is 5.82 Å². The number of hydrogen-bond donors (Lipinski definition) is 1. The molecule has 1 aromatic heterocycles. The summed E-state index contributed by atoms with van der Waals surface area (Å²) in [6.07, 6.45) is 13.9. The second kappa shape index (κ2) is 10.5. The summed E-state index contributed by atoms with van der Waals surface area (Å²) in [5.41, 5.74) is 4.71. The van der Waals surface area contributed by atoms with Gasteiger partial charge in [0.25, 0.3) is 0 Å². The molecule has 29 heavy (non-hydrogen) atoms. The molecular weight excluding hydrogens is 381 g/mol. The smallest absolute Gasteiger partial charge is 0.147 e. The van der Waals surface area contributed by atoms with E-state index in [9.17, 15) is 4.39 Å². The summed E-state index contributed by atoms with van der Waals surface area (Å²) in [5, 5.41) is 1.37. The summed E-state index contributed by atoms with van der Waals surface area (Å²) in [4.78, 5) is 3.15. The van der Waals surface area contributed by atoms with Gasteiger partial charge >= 0.3 is 0 Å². The zero-order chi connectivity index (χ0) is 21.6. The van der Waals surface area contributed by atoms with E-state index in [0.717, 1.165) is 34.9 Å². The fourth-order valence-corrected chi connectivity index (χ4v) is 3.98. The average molecular weight is 412 g/mol. The number of aromatic nitrogens is 1. The fraction of sp³-hybridized carbons (Fsp3) is 0.308. The van der Waals surface area contributed by atoms with E-state index in [1.54, 1.807) is 12.1 Å². The Balaban J connectivity index is 2.70. The SMILES string of the molecule is C=C(Cl)/C=C\C(=C)[C@H](c1c[nH]c2c(F)cc(C)cc12)[C@H](CCC)/C(C)=C/C=C\C. The first-order chi connectivity index (χ1) is 13.8. The quantitative estimate of drug-likeness (QED) is 0.398. The van der Waals surface area contributed by atoms with Crippen molar-refractivity contribution in [2.45, 2.75) is 46.5 Å². The van der Waals surface area contributed by atoms with Gasteiger partial charge in [-0.1, -0.05) is 68.0 Å². The molecule has 0 saturated heterocycles. The highest BCUT2D eigenvalue weighted by atomic mass is 35.5. The highest BCUT2D eigenvalue weighted by molar-refractivity contribution is 6.30. The van der Waals surface area contributed by atoms with Gasteiger partial charge in [0, 0.05) is 22.5 Å². The lowest BCUT2D eigenvalue weighted by Gasteiger charge is -2.29. The molecule has 0 aliphatic carbocycles. The van der Waals surface area contributed by atoms with E-state index in [1.807, 2.05) is 38.3 Å². The number of aryl methyl sites for hydroxylation is 1. The van der Waals surface area contributed by atoms with Gasteiger partial charge < -0.3 is 4.98 Å². The number of nitrogens with one attached hydrogen (secondary N) is 1. The zero-order valence-corrected chi connectivity index (χ0v) is 18.6. The van der Waals surface area contributed by atoms with E-state index in [4.69, 9.17) is 11.6 Å². The number of fused-ring (bicyclic) bond motifs is 1. The van der Waals surface area contributed by atoms with Gasteiger partial charge in [-0.2, -0.15) is 0 Å². The number of benzene rings is 1. The van der Waals surface area contributed by atoms with Crippen molar-refractivity contribution in [2.75, 3.05) is 0 Å². The van der Waals surface area contributed by atoms with Crippen molar-refractivity contribution in [1.82, 2.24) is 4.98 Å². The molecule has 1 nitrogen and oxygen atoms in total. The summed E-state index contributed by atoms with van der Waals surface area (Å²) >= 11 is 5.96. The fourth-order valence-electron chi connectivity index (χ4n) is 3.92. The molecule has 0 saturated carbocycles. The first kappa shape index (κ1) is 23.0. The van der Waals surface area contributed by atoms with Gasteiger partial charge in [0.05, 0.1) is 5.52 Å². The molecular formula is C26H31ClFN. The van der Waals surface area contributed by atoms with Crippen molar-refractivity contribution < 1.29 is 4.39 Å². The first-order valence-electron chi connectivity index (χ1n) is 10.1. The van der Waals surface area contributed by atoms with Crippen molar-refractivity contribution in [3.63, 3.8) is 0 Å². The Morgan fingerprint density at radius 3 is 2.62 bits per heavy atom. The largest absolute Gasteiger partial charge is 0.358 e. The Morgan fingerprint density at radius 2 is 2.00 bits per heavy atom. The lowest BCUT2D eigenvalue weighted by Crippen LogP contribution is -2.16. The van der Waals surface area contributed by atoms with E-state index < -0.39 is 0 Å². The van der Waals surface area contributed by atoms with Crippen LogP contribution in [-0.2, 0) is 0 Å². The van der Waals surface area contributed by atoms with Crippen LogP contribution in [-0.4, -0.2) is 4.98 Å². The third-order valence-electron chi connectivity index (χ3n) is 5.27. The second-order valence-electron chi connectivity index (χ2n) is 7.58. The van der Waals surface area contributed by atoms with Crippen LogP contribution in [0.15, 0.2) is 78.0 Å². The number of allylic oxidation sites excluding steroid dienone is 8. The minimum absolute atomic E-state index is 0.00123. The highest BCUT2D eigenvalue weighted by Crippen LogP contribution is 2.42. The minimum Gasteiger partial charge on any atom is -0.358 e. The number of rotatable bonds is 9. The maximum absolute atomic E-state index is 14.5. The third kappa shape index (κ3) is 5.61. The maximum Gasteiger partial charge on any atom is 0.147 e. The summed E-state index contributed by atoms with van der Waals surface area (Å²) in [6.45, 7) is 16.4. The molecule has 1 N–H and O–H groups in total. The van der Waals surface area contributed by atoms with Gasteiger partial charge in [0.15, 0.2) is 0 Å². The molecule has 0 aliphatic heterocycles. The highest BCUT2D eigenvalue weighted by Gasteiger charge is 2.28. The van der Waals surface area contributed by atoms with E-state index in [1.165, 1.54) is 5.57 Å². The van der Waals surface area contributed by atoms with Crippen molar-refractivity contribution in [3.8, 4) is 0 Å². The molecule has 0 radical (unpaired) electrons. The zero-order valence-electron chi connectivity index (χ0n) is 17.9. The Labute approximate surface area is 179 Å². The van der Waals surface area contributed by atoms with Gasteiger partial charge in [-0.3, -0.25) is 0 Å². The number of halogens is 2. The Morgan fingerprint density at radius 1 is 1.28 bits per heavy atom. The second-order valence-corrected chi connectivity index (χ2v) is 8.06. The van der Waals surface area contributed by atoms with Crippen molar-refractivity contribution in [1.29, 1.82) is 0 Å². The summed E-state index contributed by atoms with van der Waals surface area (Å²) in [5.74, 6) is 0.00620. The molecule has 0 amide bonds. The van der Waals surface area contributed by atoms with E-state index in [-0.39, 0.29) is 17.7 Å². The predicted octanol–water partition coefficient (Wildman–Crippen LogP) is 8.50. The van der Waals surface area contributed by atoms with Gasteiger partial charge in [-0.05, 0) is 68.0 Å². The van der Waals surface area contributed by atoms with Crippen LogP contribution in [0, 0.1) is 18.7 Å². The van der Waals surface area contributed by atoms with Crippen LogP contribution in [0.25, 0.3) is 10.9 Å². The number of hydrogen-bond acceptors (Lipinski definition) is 0. The number of aromatic amines is 1. The standard InChI is InChI=1S/C26H31ClFN/c1-7-9-11-18(4)21(10-8-2)25(19(5)12-13-20(6)27)23-16-29-26-22(23)14-17(3)15-24(26)28/h7,9,11-16,21,25,29H,5-6,8,10H2,1-4H3/b9-7-,13-12-,18-11+/t21-,25+/m1/s1. The number of H-pyrrole nitrogens is 1. The van der Waals surface area contributed by atoms with Crippen LogP contribution < -0.4 is 0 Å². The van der Waals surface area contributed by atoms with Crippen LogP contribution >= 0.6 is 11.6 Å². The molecule has 0 bridgehead atoms. The van der Waals surface area contributed by atoms with Crippen LogP contribution in [0.3, 0.4) is 0 Å². The van der Waals surface area contributed by atoms with Crippen LogP contribution in [0.5, 0.6) is 0 Å². The molecule has 2 aromatic rings. The minimum atomic E-state index is -0.228. The molecule has 2 rings (SSSR count). The summed E-state index contributed by atoms with van der Waals surface area (Å²) in [7, 11) is 0. The lowest BCUT2D eigenvalue weighted by molar-refractivity contribution is 0.494.